The van der Waals surface area contributed by atoms with Crippen LogP contribution < -0.4 is 5.32 Å². The van der Waals surface area contributed by atoms with Crippen molar-refractivity contribution in [3.8, 4) is 0 Å². The number of hydrogen-bond acceptors (Lipinski definition) is 1. The minimum absolute atomic E-state index is 0.169. The fourth-order valence-electron chi connectivity index (χ4n) is 3.77. The predicted molar refractivity (Wildman–Crippen MR) is 104 cm³/mol. The first-order chi connectivity index (χ1) is 13.2. The third-order valence-electron chi connectivity index (χ3n) is 5.10. The van der Waals surface area contributed by atoms with Crippen molar-refractivity contribution in [3.05, 3.63) is 89.5 Å². The Morgan fingerprint density at radius 2 is 1.96 bits per heavy atom. The van der Waals surface area contributed by atoms with E-state index < -0.39 is 0 Å². The molecular formula is C22H22FN3O. The average Bonchev–Trinajstić information content (AvgIpc) is 3.16. The smallest absolute Gasteiger partial charge is 0.322 e. The summed E-state index contributed by atoms with van der Waals surface area (Å²) in [6, 6.07) is 17.8. The molecule has 0 spiro atoms. The Morgan fingerprint density at radius 1 is 1.11 bits per heavy atom. The van der Waals surface area contributed by atoms with Gasteiger partial charge in [-0.05, 0) is 47.9 Å². The Bertz CT molecular complexity index is 965. The maximum atomic E-state index is 13.9. The van der Waals surface area contributed by atoms with Crippen LogP contribution in [0.15, 0.2) is 66.9 Å². The van der Waals surface area contributed by atoms with Gasteiger partial charge in [-0.15, -0.1) is 0 Å². The number of fused-ring (bicyclic) bond motifs is 1. The van der Waals surface area contributed by atoms with Gasteiger partial charge in [0.1, 0.15) is 5.82 Å². The minimum atomic E-state index is -0.321. The lowest BCUT2D eigenvalue weighted by Gasteiger charge is -2.37. The Kier molecular flexibility index (Phi) is 4.67. The van der Waals surface area contributed by atoms with Crippen molar-refractivity contribution < 1.29 is 9.18 Å². The summed E-state index contributed by atoms with van der Waals surface area (Å²) in [6.45, 7) is 3.34. The summed E-state index contributed by atoms with van der Waals surface area (Å²) in [4.78, 5) is 14.9. The van der Waals surface area contributed by atoms with Crippen LogP contribution in [0.4, 0.5) is 14.9 Å². The standard InChI is InChI=1S/C22H22FN3O/c1-2-16-7-3-4-10-19(16)24-22(27)26-14-13-25-12-6-11-20(25)21(26)17-8-5-9-18(23)15-17/h3-12,15,21H,2,13-14H2,1H3,(H,24,27). The molecule has 27 heavy (non-hydrogen) atoms. The highest BCUT2D eigenvalue weighted by atomic mass is 19.1. The van der Waals surface area contributed by atoms with Gasteiger partial charge >= 0.3 is 6.03 Å². The molecule has 1 N–H and O–H groups in total. The van der Waals surface area contributed by atoms with Gasteiger partial charge in [-0.25, -0.2) is 9.18 Å². The van der Waals surface area contributed by atoms with E-state index in [0.717, 1.165) is 35.5 Å². The summed E-state index contributed by atoms with van der Waals surface area (Å²) in [5.74, 6) is -0.298. The molecule has 2 amide bonds. The molecule has 3 aromatic rings. The summed E-state index contributed by atoms with van der Waals surface area (Å²) >= 11 is 0. The lowest BCUT2D eigenvalue weighted by Crippen LogP contribution is -2.44. The van der Waals surface area contributed by atoms with Crippen LogP contribution in [0, 0.1) is 5.82 Å². The van der Waals surface area contributed by atoms with Crippen LogP contribution in [0.3, 0.4) is 0 Å². The summed E-state index contributed by atoms with van der Waals surface area (Å²) in [5.41, 5.74) is 3.68. The molecule has 138 valence electrons. The Balaban J connectivity index is 1.69. The van der Waals surface area contributed by atoms with Crippen molar-refractivity contribution in [2.45, 2.75) is 25.9 Å². The fourth-order valence-corrected chi connectivity index (χ4v) is 3.77. The van der Waals surface area contributed by atoms with E-state index in [4.69, 9.17) is 0 Å². The molecule has 5 heteroatoms. The maximum absolute atomic E-state index is 13.9. The first-order valence-corrected chi connectivity index (χ1v) is 9.23. The van der Waals surface area contributed by atoms with E-state index in [0.29, 0.717) is 6.54 Å². The van der Waals surface area contributed by atoms with Crippen LogP contribution in [0.5, 0.6) is 0 Å². The SMILES string of the molecule is CCc1ccccc1NC(=O)N1CCn2cccc2C1c1cccc(F)c1. The van der Waals surface area contributed by atoms with E-state index in [-0.39, 0.29) is 17.9 Å². The number of nitrogens with zero attached hydrogens (tertiary/aromatic N) is 2. The van der Waals surface area contributed by atoms with Crippen molar-refractivity contribution >= 4 is 11.7 Å². The van der Waals surface area contributed by atoms with Gasteiger partial charge in [0.15, 0.2) is 0 Å². The average molecular weight is 363 g/mol. The summed E-state index contributed by atoms with van der Waals surface area (Å²) < 4.78 is 16.0. The van der Waals surface area contributed by atoms with Gasteiger partial charge in [-0.2, -0.15) is 0 Å². The number of carbonyl (C=O) groups is 1. The summed E-state index contributed by atoms with van der Waals surface area (Å²) in [6.07, 6.45) is 2.84. The second-order valence-corrected chi connectivity index (χ2v) is 6.72. The second kappa shape index (κ2) is 7.27. The molecule has 1 aliphatic heterocycles. The number of hydrogen-bond donors (Lipinski definition) is 1. The van der Waals surface area contributed by atoms with E-state index in [9.17, 15) is 9.18 Å². The number of halogens is 1. The highest BCUT2D eigenvalue weighted by Crippen LogP contribution is 2.33. The molecule has 0 bridgehead atoms. The molecule has 0 aliphatic carbocycles. The highest BCUT2D eigenvalue weighted by molar-refractivity contribution is 5.90. The van der Waals surface area contributed by atoms with E-state index in [1.165, 1.54) is 12.1 Å². The van der Waals surface area contributed by atoms with Crippen molar-refractivity contribution in [2.75, 3.05) is 11.9 Å². The van der Waals surface area contributed by atoms with Gasteiger partial charge in [-0.1, -0.05) is 37.3 Å². The molecule has 1 aromatic heterocycles. The number of anilines is 1. The fraction of sp³-hybridized carbons (Fsp3) is 0.227. The number of benzene rings is 2. The molecule has 0 saturated carbocycles. The van der Waals surface area contributed by atoms with Crippen LogP contribution in [0.2, 0.25) is 0 Å². The minimum Gasteiger partial charge on any atom is -0.348 e. The number of rotatable bonds is 3. The maximum Gasteiger partial charge on any atom is 0.322 e. The molecule has 4 nitrogen and oxygen atoms in total. The van der Waals surface area contributed by atoms with Gasteiger partial charge in [-0.3, -0.25) is 0 Å². The number of aromatic nitrogens is 1. The lowest BCUT2D eigenvalue weighted by molar-refractivity contribution is 0.181. The summed E-state index contributed by atoms with van der Waals surface area (Å²) in [5, 5.41) is 3.05. The first kappa shape index (κ1) is 17.3. The third kappa shape index (κ3) is 3.33. The molecule has 2 heterocycles. The van der Waals surface area contributed by atoms with Crippen LogP contribution in [-0.4, -0.2) is 22.0 Å². The number of para-hydroxylation sites is 1. The number of amides is 2. The molecule has 1 unspecified atom stereocenters. The number of aryl methyl sites for hydroxylation is 1. The Morgan fingerprint density at radius 3 is 2.78 bits per heavy atom. The third-order valence-corrected chi connectivity index (χ3v) is 5.10. The molecule has 1 aliphatic rings. The zero-order valence-corrected chi connectivity index (χ0v) is 15.2. The lowest BCUT2D eigenvalue weighted by atomic mass is 10.00. The van der Waals surface area contributed by atoms with Crippen LogP contribution >= 0.6 is 0 Å². The molecule has 1 atom stereocenters. The van der Waals surface area contributed by atoms with E-state index >= 15 is 0 Å². The van der Waals surface area contributed by atoms with Crippen LogP contribution in [0.1, 0.15) is 29.8 Å². The van der Waals surface area contributed by atoms with Gasteiger partial charge in [0.05, 0.1) is 6.04 Å². The molecule has 0 radical (unpaired) electrons. The highest BCUT2D eigenvalue weighted by Gasteiger charge is 2.32. The molecule has 2 aromatic carbocycles. The second-order valence-electron chi connectivity index (χ2n) is 6.72. The number of nitrogens with one attached hydrogen (secondary N) is 1. The molecule has 0 saturated heterocycles. The van der Waals surface area contributed by atoms with Gasteiger partial charge in [0.2, 0.25) is 0 Å². The first-order valence-electron chi connectivity index (χ1n) is 9.23. The van der Waals surface area contributed by atoms with Gasteiger partial charge < -0.3 is 14.8 Å². The zero-order chi connectivity index (χ0) is 18.8. The Labute approximate surface area is 158 Å². The van der Waals surface area contributed by atoms with Crippen LogP contribution in [-0.2, 0) is 13.0 Å². The van der Waals surface area contributed by atoms with Gasteiger partial charge in [0, 0.05) is 30.7 Å². The normalized spacial score (nSPS) is 16.1. The van der Waals surface area contributed by atoms with Crippen molar-refractivity contribution in [1.82, 2.24) is 9.47 Å². The number of urea groups is 1. The van der Waals surface area contributed by atoms with Crippen molar-refractivity contribution in [3.63, 3.8) is 0 Å². The van der Waals surface area contributed by atoms with Crippen molar-refractivity contribution in [1.29, 1.82) is 0 Å². The predicted octanol–water partition coefficient (Wildman–Crippen LogP) is 4.83. The molecule has 4 rings (SSSR count). The zero-order valence-electron chi connectivity index (χ0n) is 15.2. The Hall–Kier alpha value is -3.08. The van der Waals surface area contributed by atoms with E-state index in [2.05, 4.69) is 16.8 Å². The number of carbonyl (C=O) groups excluding carboxylic acids is 1. The van der Waals surface area contributed by atoms with E-state index in [1.807, 2.05) is 48.7 Å². The summed E-state index contributed by atoms with van der Waals surface area (Å²) in [7, 11) is 0. The topological polar surface area (TPSA) is 37.3 Å². The van der Waals surface area contributed by atoms with Crippen molar-refractivity contribution in [2.24, 2.45) is 0 Å². The van der Waals surface area contributed by atoms with Gasteiger partial charge in [0.25, 0.3) is 0 Å². The monoisotopic (exact) mass is 363 g/mol. The molecule has 0 fully saturated rings. The molecular weight excluding hydrogens is 341 g/mol. The quantitative estimate of drug-likeness (QED) is 0.711. The largest absolute Gasteiger partial charge is 0.348 e. The van der Waals surface area contributed by atoms with Crippen LogP contribution in [0.25, 0.3) is 0 Å². The van der Waals surface area contributed by atoms with E-state index in [1.54, 1.807) is 11.0 Å².